The zero-order valence-electron chi connectivity index (χ0n) is 23.6. The fourth-order valence-corrected chi connectivity index (χ4v) is 6.01. The van der Waals surface area contributed by atoms with E-state index in [4.69, 9.17) is 0 Å². The van der Waals surface area contributed by atoms with Gasteiger partial charge in [-0.05, 0) is 49.1 Å². The van der Waals surface area contributed by atoms with Gasteiger partial charge in [-0.25, -0.2) is 4.68 Å². The zero-order chi connectivity index (χ0) is 28.8. The molecule has 3 heterocycles. The standard InChI is InChI=1S/C33H33N5O3/c1-20(2)18-28(31(39)35-29-21(3)36(4)38(33(29)41)22-12-6-5-7-13-22)37-30(24-15-8-9-16-25(24)32(37)40)26-19-34-27-17-11-10-14-23(26)27/h5-17,19-20,28,30,34H,18H2,1-4H3,(H,35,39). The van der Waals surface area contributed by atoms with E-state index in [1.807, 2.05) is 98.9 Å². The van der Waals surface area contributed by atoms with Crippen LogP contribution in [0.2, 0.25) is 0 Å². The highest BCUT2D eigenvalue weighted by Crippen LogP contribution is 2.43. The van der Waals surface area contributed by atoms with E-state index in [-0.39, 0.29) is 29.0 Å². The lowest BCUT2D eigenvalue weighted by Gasteiger charge is -2.33. The summed E-state index contributed by atoms with van der Waals surface area (Å²) in [5, 5.41) is 3.95. The lowest BCUT2D eigenvalue weighted by atomic mass is 9.95. The number of nitrogens with one attached hydrogen (secondary N) is 2. The highest BCUT2D eigenvalue weighted by Gasteiger charge is 2.45. The molecule has 3 aromatic carbocycles. The van der Waals surface area contributed by atoms with Crippen molar-refractivity contribution in [2.75, 3.05) is 5.32 Å². The number of benzene rings is 3. The SMILES string of the molecule is Cc1c(NC(=O)C(CC(C)C)N2C(=O)c3ccccc3C2c2c[nH]c3ccccc23)c(=O)n(-c2ccccc2)n1C. The Labute approximate surface area is 238 Å². The topological polar surface area (TPSA) is 92.1 Å². The van der Waals surface area contributed by atoms with Crippen molar-refractivity contribution in [3.05, 3.63) is 118 Å². The molecule has 2 unspecified atom stereocenters. The summed E-state index contributed by atoms with van der Waals surface area (Å²) in [6.07, 6.45) is 2.37. The monoisotopic (exact) mass is 547 g/mol. The Morgan fingerprint density at radius 1 is 0.927 bits per heavy atom. The molecular formula is C33H33N5O3. The molecule has 0 fully saturated rings. The Hall–Kier alpha value is -4.85. The first-order chi connectivity index (χ1) is 19.8. The summed E-state index contributed by atoms with van der Waals surface area (Å²) in [6, 6.07) is 23.6. The Morgan fingerprint density at radius 2 is 1.61 bits per heavy atom. The molecule has 208 valence electrons. The van der Waals surface area contributed by atoms with Gasteiger partial charge in [-0.1, -0.05) is 68.4 Å². The van der Waals surface area contributed by atoms with Crippen LogP contribution < -0.4 is 10.9 Å². The van der Waals surface area contributed by atoms with Crippen LogP contribution in [-0.2, 0) is 11.8 Å². The van der Waals surface area contributed by atoms with E-state index in [9.17, 15) is 14.4 Å². The van der Waals surface area contributed by atoms with Crippen LogP contribution in [0, 0.1) is 12.8 Å². The molecule has 1 aliphatic heterocycles. The van der Waals surface area contributed by atoms with Gasteiger partial charge in [-0.2, -0.15) is 0 Å². The number of hydrogen-bond acceptors (Lipinski definition) is 3. The van der Waals surface area contributed by atoms with E-state index < -0.39 is 12.1 Å². The molecule has 0 bridgehead atoms. The number of aromatic amines is 1. The van der Waals surface area contributed by atoms with Gasteiger partial charge < -0.3 is 15.2 Å². The molecule has 5 aromatic rings. The van der Waals surface area contributed by atoms with E-state index in [1.54, 1.807) is 23.6 Å². The summed E-state index contributed by atoms with van der Waals surface area (Å²) in [7, 11) is 1.79. The zero-order valence-corrected chi connectivity index (χ0v) is 23.6. The molecule has 0 aliphatic carbocycles. The third kappa shape index (κ3) is 4.36. The average molecular weight is 548 g/mol. The first kappa shape index (κ1) is 26.4. The van der Waals surface area contributed by atoms with E-state index >= 15 is 0 Å². The number of carbonyl (C=O) groups excluding carboxylic acids is 2. The molecule has 2 amide bonds. The van der Waals surface area contributed by atoms with Gasteiger partial charge in [0.15, 0.2) is 0 Å². The molecule has 2 atom stereocenters. The smallest absolute Gasteiger partial charge is 0.295 e. The largest absolute Gasteiger partial charge is 0.361 e. The van der Waals surface area contributed by atoms with Crippen LogP contribution >= 0.6 is 0 Å². The van der Waals surface area contributed by atoms with Crippen molar-refractivity contribution in [2.24, 2.45) is 13.0 Å². The number of nitrogens with zero attached hydrogens (tertiary/aromatic N) is 3. The highest BCUT2D eigenvalue weighted by atomic mass is 16.2. The van der Waals surface area contributed by atoms with E-state index in [2.05, 4.69) is 10.3 Å². The number of carbonyl (C=O) groups is 2. The van der Waals surface area contributed by atoms with Crippen LogP contribution in [0.5, 0.6) is 0 Å². The highest BCUT2D eigenvalue weighted by molar-refractivity contribution is 6.05. The van der Waals surface area contributed by atoms with E-state index in [1.165, 1.54) is 4.68 Å². The minimum Gasteiger partial charge on any atom is -0.361 e. The van der Waals surface area contributed by atoms with Crippen molar-refractivity contribution in [2.45, 2.75) is 39.3 Å². The van der Waals surface area contributed by atoms with Crippen molar-refractivity contribution in [3.8, 4) is 5.69 Å². The summed E-state index contributed by atoms with van der Waals surface area (Å²) in [4.78, 5) is 46.9. The second-order valence-corrected chi connectivity index (χ2v) is 11.1. The Bertz CT molecular complexity index is 1830. The van der Waals surface area contributed by atoms with Gasteiger partial charge in [0, 0.05) is 35.3 Å². The molecule has 2 aromatic heterocycles. The molecule has 8 heteroatoms. The number of aromatic nitrogens is 3. The number of anilines is 1. The molecule has 0 spiro atoms. The number of H-pyrrole nitrogens is 1. The van der Waals surface area contributed by atoms with Crippen LogP contribution in [-0.4, -0.2) is 37.1 Å². The molecule has 41 heavy (non-hydrogen) atoms. The van der Waals surface area contributed by atoms with Crippen molar-refractivity contribution in [1.82, 2.24) is 19.2 Å². The van der Waals surface area contributed by atoms with E-state index in [0.29, 0.717) is 23.4 Å². The lowest BCUT2D eigenvalue weighted by Crippen LogP contribution is -2.47. The number of amides is 2. The van der Waals surface area contributed by atoms with Crippen LogP contribution in [0.1, 0.15) is 53.5 Å². The summed E-state index contributed by atoms with van der Waals surface area (Å²) in [5.41, 5.74) is 4.57. The summed E-state index contributed by atoms with van der Waals surface area (Å²) < 4.78 is 3.27. The third-order valence-corrected chi connectivity index (χ3v) is 8.05. The molecule has 6 rings (SSSR count). The minimum atomic E-state index is -0.808. The first-order valence-corrected chi connectivity index (χ1v) is 13.9. The molecule has 8 nitrogen and oxygen atoms in total. The van der Waals surface area contributed by atoms with Gasteiger partial charge in [-0.3, -0.25) is 19.1 Å². The Kier molecular flexibility index (Phi) is 6.61. The predicted octanol–water partition coefficient (Wildman–Crippen LogP) is 5.56. The van der Waals surface area contributed by atoms with Gasteiger partial charge in [0.2, 0.25) is 5.91 Å². The van der Waals surface area contributed by atoms with Gasteiger partial charge in [0.1, 0.15) is 11.7 Å². The summed E-state index contributed by atoms with van der Waals surface area (Å²) in [5.74, 6) is -0.456. The van der Waals surface area contributed by atoms with Crippen molar-refractivity contribution >= 4 is 28.4 Å². The van der Waals surface area contributed by atoms with Crippen molar-refractivity contribution < 1.29 is 9.59 Å². The molecule has 0 radical (unpaired) electrons. The molecule has 2 N–H and O–H groups in total. The molecule has 1 aliphatic rings. The molecular weight excluding hydrogens is 514 g/mol. The van der Waals surface area contributed by atoms with Crippen LogP contribution in [0.25, 0.3) is 16.6 Å². The van der Waals surface area contributed by atoms with Crippen LogP contribution in [0.15, 0.2) is 89.9 Å². The summed E-state index contributed by atoms with van der Waals surface area (Å²) >= 11 is 0. The third-order valence-electron chi connectivity index (χ3n) is 8.05. The quantitative estimate of drug-likeness (QED) is 0.279. The van der Waals surface area contributed by atoms with Gasteiger partial charge in [0.25, 0.3) is 11.5 Å². The van der Waals surface area contributed by atoms with Crippen LogP contribution in [0.4, 0.5) is 5.69 Å². The number of rotatable bonds is 7. The maximum atomic E-state index is 14.2. The minimum absolute atomic E-state index is 0.115. The molecule has 0 saturated heterocycles. The maximum Gasteiger partial charge on any atom is 0.295 e. The number of fused-ring (bicyclic) bond motifs is 2. The molecule has 0 saturated carbocycles. The average Bonchev–Trinajstić information content (AvgIpc) is 3.59. The predicted molar refractivity (Wildman–Crippen MR) is 160 cm³/mol. The fourth-order valence-electron chi connectivity index (χ4n) is 6.01. The van der Waals surface area contributed by atoms with Crippen molar-refractivity contribution in [3.63, 3.8) is 0 Å². The second kappa shape index (κ2) is 10.3. The fraction of sp³-hybridized carbons (Fsp3) is 0.242. The lowest BCUT2D eigenvalue weighted by molar-refractivity contribution is -0.121. The van der Waals surface area contributed by atoms with E-state index in [0.717, 1.165) is 22.0 Å². The normalized spacial score (nSPS) is 15.5. The number of hydrogen-bond donors (Lipinski definition) is 2. The number of para-hydroxylation sites is 2. The first-order valence-electron chi connectivity index (χ1n) is 13.9. The summed E-state index contributed by atoms with van der Waals surface area (Å²) in [6.45, 7) is 5.87. The van der Waals surface area contributed by atoms with Gasteiger partial charge in [-0.15, -0.1) is 0 Å². The maximum absolute atomic E-state index is 14.2. The Balaban J connectivity index is 1.44. The van der Waals surface area contributed by atoms with Crippen LogP contribution in [0.3, 0.4) is 0 Å². The second-order valence-electron chi connectivity index (χ2n) is 11.1. The van der Waals surface area contributed by atoms with Gasteiger partial charge >= 0.3 is 0 Å². The Morgan fingerprint density at radius 3 is 2.37 bits per heavy atom. The van der Waals surface area contributed by atoms with Gasteiger partial charge in [0.05, 0.1) is 17.4 Å². The van der Waals surface area contributed by atoms with Crippen molar-refractivity contribution in [1.29, 1.82) is 0 Å².